The molecular weight excluding hydrogens is 352 g/mol. The van der Waals surface area contributed by atoms with Crippen molar-refractivity contribution in [2.45, 2.75) is 27.3 Å². The quantitative estimate of drug-likeness (QED) is 0.678. The number of carbonyl (C=O) groups excluding carboxylic acids is 1. The summed E-state index contributed by atoms with van der Waals surface area (Å²) < 4.78 is 12.9. The predicted octanol–water partition coefficient (Wildman–Crippen LogP) is 4.40. The normalized spacial score (nSPS) is 12.3. The number of hydrogen-bond acceptors (Lipinski definition) is 3. The summed E-state index contributed by atoms with van der Waals surface area (Å²) in [4.78, 5) is 14.9. The van der Waals surface area contributed by atoms with Crippen molar-refractivity contribution in [3.05, 3.63) is 76.6 Å². The molecular formula is C23H24N2O3. The van der Waals surface area contributed by atoms with Gasteiger partial charge in [-0.1, -0.05) is 18.2 Å². The smallest absolute Gasteiger partial charge is 0.255 e. The van der Waals surface area contributed by atoms with E-state index in [0.29, 0.717) is 6.54 Å². The third kappa shape index (κ3) is 3.24. The van der Waals surface area contributed by atoms with Crippen LogP contribution in [0.4, 0.5) is 0 Å². The number of aryl methyl sites for hydroxylation is 2. The summed E-state index contributed by atoms with van der Waals surface area (Å²) in [6.07, 6.45) is 0. The maximum atomic E-state index is 13.1. The van der Waals surface area contributed by atoms with Crippen LogP contribution in [0.5, 0.6) is 11.5 Å². The van der Waals surface area contributed by atoms with Crippen LogP contribution in [0.1, 0.15) is 32.9 Å². The van der Waals surface area contributed by atoms with Gasteiger partial charge in [-0.2, -0.15) is 0 Å². The Morgan fingerprint density at radius 1 is 1.04 bits per heavy atom. The molecule has 1 aliphatic heterocycles. The van der Waals surface area contributed by atoms with Gasteiger partial charge in [-0.15, -0.1) is 0 Å². The molecule has 0 radical (unpaired) electrons. The van der Waals surface area contributed by atoms with Gasteiger partial charge < -0.3 is 18.9 Å². The van der Waals surface area contributed by atoms with Gasteiger partial charge in [-0.05, 0) is 62.2 Å². The van der Waals surface area contributed by atoms with E-state index in [1.165, 1.54) is 5.56 Å². The Balaban J connectivity index is 1.58. The third-order valence-corrected chi connectivity index (χ3v) is 5.12. The first kappa shape index (κ1) is 18.2. The van der Waals surface area contributed by atoms with Crippen LogP contribution in [0, 0.1) is 20.8 Å². The highest BCUT2D eigenvalue weighted by atomic mass is 16.7. The van der Waals surface area contributed by atoms with Gasteiger partial charge >= 0.3 is 0 Å². The van der Waals surface area contributed by atoms with Crippen molar-refractivity contribution in [1.82, 2.24) is 9.47 Å². The largest absolute Gasteiger partial charge is 0.454 e. The van der Waals surface area contributed by atoms with Crippen molar-refractivity contribution in [2.75, 3.05) is 13.8 Å². The fourth-order valence-electron chi connectivity index (χ4n) is 3.73. The molecule has 3 aromatic rings. The number of nitrogens with zero attached hydrogens (tertiary/aromatic N) is 2. The van der Waals surface area contributed by atoms with Crippen molar-refractivity contribution in [2.24, 2.45) is 0 Å². The van der Waals surface area contributed by atoms with Crippen LogP contribution >= 0.6 is 0 Å². The number of carbonyl (C=O) groups is 1. The van der Waals surface area contributed by atoms with E-state index in [4.69, 9.17) is 9.47 Å². The van der Waals surface area contributed by atoms with E-state index in [2.05, 4.69) is 29.7 Å². The molecule has 0 fully saturated rings. The fraction of sp³-hybridized carbons (Fsp3) is 0.261. The Labute approximate surface area is 165 Å². The second-order valence-electron chi connectivity index (χ2n) is 7.31. The van der Waals surface area contributed by atoms with E-state index in [0.717, 1.165) is 39.7 Å². The molecule has 0 saturated heterocycles. The Bertz CT molecular complexity index is 1050. The van der Waals surface area contributed by atoms with Crippen LogP contribution < -0.4 is 9.47 Å². The number of rotatable bonds is 4. The first-order chi connectivity index (χ1) is 13.4. The van der Waals surface area contributed by atoms with Crippen LogP contribution in [0.3, 0.4) is 0 Å². The Kier molecular flexibility index (Phi) is 4.59. The van der Waals surface area contributed by atoms with Gasteiger partial charge in [-0.3, -0.25) is 4.79 Å². The van der Waals surface area contributed by atoms with Crippen molar-refractivity contribution in [3.8, 4) is 17.2 Å². The summed E-state index contributed by atoms with van der Waals surface area (Å²) in [6.45, 7) is 6.85. The van der Waals surface area contributed by atoms with Gasteiger partial charge in [0.15, 0.2) is 11.5 Å². The number of fused-ring (bicyclic) bond motifs is 1. The third-order valence-electron chi connectivity index (χ3n) is 5.12. The highest BCUT2D eigenvalue weighted by Crippen LogP contribution is 2.33. The lowest BCUT2D eigenvalue weighted by molar-refractivity contribution is 0.0784. The van der Waals surface area contributed by atoms with Crippen molar-refractivity contribution >= 4 is 5.91 Å². The fourth-order valence-corrected chi connectivity index (χ4v) is 3.73. The minimum Gasteiger partial charge on any atom is -0.454 e. The van der Waals surface area contributed by atoms with Gasteiger partial charge in [0.1, 0.15) is 0 Å². The first-order valence-corrected chi connectivity index (χ1v) is 9.34. The highest BCUT2D eigenvalue weighted by molar-refractivity contribution is 5.95. The lowest BCUT2D eigenvalue weighted by atomic mass is 10.1. The number of aromatic nitrogens is 1. The van der Waals surface area contributed by atoms with Crippen molar-refractivity contribution in [3.63, 3.8) is 0 Å². The standard InChI is InChI=1S/C23H24N2O3/c1-15-6-5-7-19(10-15)25-16(2)11-20(17(25)3)23(26)24(4)13-18-8-9-21-22(12-18)28-14-27-21/h5-12H,13-14H2,1-4H3. The number of hydrogen-bond donors (Lipinski definition) is 0. The number of ether oxygens (including phenoxy) is 2. The van der Waals surface area contributed by atoms with E-state index in [-0.39, 0.29) is 12.7 Å². The first-order valence-electron chi connectivity index (χ1n) is 9.34. The summed E-state index contributed by atoms with van der Waals surface area (Å²) in [5, 5.41) is 0. The zero-order valence-corrected chi connectivity index (χ0v) is 16.7. The van der Waals surface area contributed by atoms with Crippen molar-refractivity contribution in [1.29, 1.82) is 0 Å². The van der Waals surface area contributed by atoms with Crippen molar-refractivity contribution < 1.29 is 14.3 Å². The topological polar surface area (TPSA) is 43.7 Å². The summed E-state index contributed by atoms with van der Waals surface area (Å²) >= 11 is 0. The van der Waals surface area contributed by atoms with Gasteiger partial charge in [-0.25, -0.2) is 0 Å². The molecule has 4 rings (SSSR count). The molecule has 0 spiro atoms. The molecule has 0 aliphatic carbocycles. The second kappa shape index (κ2) is 7.08. The molecule has 144 valence electrons. The average Bonchev–Trinajstić information content (AvgIpc) is 3.24. The molecule has 1 amide bonds. The summed E-state index contributed by atoms with van der Waals surface area (Å²) in [7, 11) is 1.83. The Morgan fingerprint density at radius 3 is 2.61 bits per heavy atom. The second-order valence-corrected chi connectivity index (χ2v) is 7.31. The van der Waals surface area contributed by atoms with E-state index in [1.807, 2.05) is 51.2 Å². The molecule has 0 unspecified atom stereocenters. The molecule has 2 aromatic carbocycles. The molecule has 5 heteroatoms. The summed E-state index contributed by atoms with van der Waals surface area (Å²) in [6, 6.07) is 16.1. The van der Waals surface area contributed by atoms with E-state index < -0.39 is 0 Å². The maximum Gasteiger partial charge on any atom is 0.255 e. The van der Waals surface area contributed by atoms with Crippen LogP contribution in [0.15, 0.2) is 48.5 Å². The zero-order chi connectivity index (χ0) is 19.8. The van der Waals surface area contributed by atoms with E-state index in [1.54, 1.807) is 4.90 Å². The van der Waals surface area contributed by atoms with E-state index >= 15 is 0 Å². The Hall–Kier alpha value is -3.21. The number of amides is 1. The van der Waals surface area contributed by atoms with Gasteiger partial charge in [0.2, 0.25) is 6.79 Å². The van der Waals surface area contributed by atoms with Crippen LogP contribution in [0.2, 0.25) is 0 Å². The summed E-state index contributed by atoms with van der Waals surface area (Å²) in [5.41, 5.74) is 5.99. The molecule has 0 bridgehead atoms. The van der Waals surface area contributed by atoms with Crippen LogP contribution in [-0.2, 0) is 6.54 Å². The van der Waals surface area contributed by atoms with Gasteiger partial charge in [0.05, 0.1) is 5.56 Å². The van der Waals surface area contributed by atoms with Gasteiger partial charge in [0, 0.05) is 30.7 Å². The zero-order valence-electron chi connectivity index (χ0n) is 16.7. The average molecular weight is 376 g/mol. The minimum atomic E-state index is 0.00432. The monoisotopic (exact) mass is 376 g/mol. The molecule has 0 N–H and O–H groups in total. The van der Waals surface area contributed by atoms with Gasteiger partial charge in [0.25, 0.3) is 5.91 Å². The molecule has 1 aromatic heterocycles. The highest BCUT2D eigenvalue weighted by Gasteiger charge is 2.21. The predicted molar refractivity (Wildman–Crippen MR) is 108 cm³/mol. The lowest BCUT2D eigenvalue weighted by Crippen LogP contribution is -2.26. The molecule has 2 heterocycles. The number of benzene rings is 2. The molecule has 1 aliphatic rings. The molecule has 5 nitrogen and oxygen atoms in total. The minimum absolute atomic E-state index is 0.00432. The molecule has 0 saturated carbocycles. The SMILES string of the molecule is Cc1cccc(-n2c(C)cc(C(=O)N(C)Cc3ccc4c(c3)OCO4)c2C)c1. The lowest BCUT2D eigenvalue weighted by Gasteiger charge is -2.18. The van der Waals surface area contributed by atoms with Crippen LogP contribution in [0.25, 0.3) is 5.69 Å². The van der Waals surface area contributed by atoms with E-state index in [9.17, 15) is 4.79 Å². The molecule has 28 heavy (non-hydrogen) atoms. The summed E-state index contributed by atoms with van der Waals surface area (Å²) in [5.74, 6) is 1.49. The van der Waals surface area contributed by atoms with Crippen LogP contribution in [-0.4, -0.2) is 29.2 Å². The Morgan fingerprint density at radius 2 is 1.82 bits per heavy atom. The maximum absolute atomic E-state index is 13.1. The molecule has 0 atom stereocenters.